The fourth-order valence-corrected chi connectivity index (χ4v) is 5.42. The zero-order valence-electron chi connectivity index (χ0n) is 16.2. The summed E-state index contributed by atoms with van der Waals surface area (Å²) >= 11 is 1.37. The van der Waals surface area contributed by atoms with Gasteiger partial charge in [0.05, 0.1) is 22.1 Å². The topological polar surface area (TPSA) is 104 Å². The van der Waals surface area contributed by atoms with Crippen molar-refractivity contribution in [3.8, 4) is 0 Å². The lowest BCUT2D eigenvalue weighted by atomic mass is 9.82. The van der Waals surface area contributed by atoms with Gasteiger partial charge in [-0.25, -0.2) is 9.97 Å². The fraction of sp³-hybridized carbons (Fsp3) is 0.273. The summed E-state index contributed by atoms with van der Waals surface area (Å²) in [5.41, 5.74) is 2.78. The molecule has 30 heavy (non-hydrogen) atoms. The minimum atomic E-state index is -0.906. The molecule has 1 aromatic carbocycles. The largest absolute Gasteiger partial charge is 0.481 e. The summed E-state index contributed by atoms with van der Waals surface area (Å²) < 4.78 is 0.922. The molecule has 0 saturated heterocycles. The van der Waals surface area contributed by atoms with Gasteiger partial charge < -0.3 is 15.7 Å². The molecule has 5 rings (SSSR count). The normalized spacial score (nSPS) is 24.3. The van der Waals surface area contributed by atoms with E-state index >= 15 is 0 Å². The van der Waals surface area contributed by atoms with Crippen molar-refractivity contribution < 1.29 is 14.7 Å². The van der Waals surface area contributed by atoms with E-state index in [9.17, 15) is 14.7 Å². The van der Waals surface area contributed by atoms with Crippen LogP contribution in [0.15, 0.2) is 48.7 Å². The maximum Gasteiger partial charge on any atom is 0.307 e. The van der Waals surface area contributed by atoms with Crippen LogP contribution in [0.25, 0.3) is 10.2 Å². The number of hydrogen-bond acceptors (Lipinski definition) is 6. The smallest absolute Gasteiger partial charge is 0.307 e. The number of pyridine rings is 1. The Hall–Kier alpha value is -3.26. The van der Waals surface area contributed by atoms with Crippen LogP contribution in [0, 0.1) is 30.6 Å². The quantitative estimate of drug-likeness (QED) is 0.534. The Labute approximate surface area is 176 Å². The Morgan fingerprint density at radius 3 is 2.70 bits per heavy atom. The molecule has 3 N–H and O–H groups in total. The lowest BCUT2D eigenvalue weighted by molar-refractivity contribution is -0.146. The van der Waals surface area contributed by atoms with E-state index in [0.29, 0.717) is 5.13 Å². The number of nitrogens with one attached hydrogen (secondary N) is 2. The first-order chi connectivity index (χ1) is 14.5. The number of aryl methyl sites for hydroxylation is 1. The number of thiazole rings is 1. The number of nitrogens with zero attached hydrogens (tertiary/aromatic N) is 2. The van der Waals surface area contributed by atoms with Crippen LogP contribution in [-0.2, 0) is 9.59 Å². The van der Waals surface area contributed by atoms with Gasteiger partial charge in [-0.05, 0) is 61.1 Å². The number of allylic oxidation sites excluding steroid dienone is 2. The van der Waals surface area contributed by atoms with E-state index in [4.69, 9.17) is 0 Å². The predicted octanol–water partition coefficient (Wildman–Crippen LogP) is 4.20. The summed E-state index contributed by atoms with van der Waals surface area (Å²) in [5.74, 6) is -1.68. The summed E-state index contributed by atoms with van der Waals surface area (Å²) in [5, 5.41) is 16.2. The first-order valence-corrected chi connectivity index (χ1v) is 10.6. The molecule has 1 saturated carbocycles. The molecule has 0 spiro atoms. The summed E-state index contributed by atoms with van der Waals surface area (Å²) in [4.78, 5) is 33.3. The number of carboxylic acid groups (broad SMARTS) is 1. The van der Waals surface area contributed by atoms with E-state index in [-0.39, 0.29) is 17.7 Å². The van der Waals surface area contributed by atoms with Crippen molar-refractivity contribution in [1.82, 2.24) is 9.97 Å². The molecule has 2 aliphatic carbocycles. The molecular formula is C22H20N4O3S. The monoisotopic (exact) mass is 420 g/mol. The van der Waals surface area contributed by atoms with Crippen LogP contribution in [0.2, 0.25) is 0 Å². The predicted molar refractivity (Wildman–Crippen MR) is 116 cm³/mol. The Bertz CT molecular complexity index is 1190. The Morgan fingerprint density at radius 2 is 1.93 bits per heavy atom. The zero-order valence-corrected chi connectivity index (χ0v) is 17.0. The number of rotatable bonds is 5. The lowest BCUT2D eigenvalue weighted by Crippen LogP contribution is -2.36. The number of carbonyl (C=O) groups excluding carboxylic acids is 1. The van der Waals surface area contributed by atoms with Crippen LogP contribution in [-0.4, -0.2) is 27.0 Å². The van der Waals surface area contributed by atoms with E-state index < -0.39 is 17.8 Å². The molecule has 0 aliphatic heterocycles. The van der Waals surface area contributed by atoms with Gasteiger partial charge in [-0.1, -0.05) is 23.5 Å². The Morgan fingerprint density at radius 1 is 1.13 bits per heavy atom. The first kappa shape index (κ1) is 18.7. The number of amides is 1. The van der Waals surface area contributed by atoms with Crippen molar-refractivity contribution >= 4 is 50.1 Å². The summed E-state index contributed by atoms with van der Waals surface area (Å²) in [6.07, 6.45) is 6.40. The van der Waals surface area contributed by atoms with Gasteiger partial charge in [-0.3, -0.25) is 9.59 Å². The van der Waals surface area contributed by atoms with Crippen LogP contribution >= 0.6 is 11.3 Å². The van der Waals surface area contributed by atoms with Crippen LogP contribution in [0.3, 0.4) is 0 Å². The van der Waals surface area contributed by atoms with Crippen LogP contribution < -0.4 is 10.6 Å². The number of hydrogen-bond donors (Lipinski definition) is 3. The number of aliphatic carboxylic acids is 1. The van der Waals surface area contributed by atoms with E-state index in [0.717, 1.165) is 33.7 Å². The first-order valence-electron chi connectivity index (χ1n) is 9.80. The van der Waals surface area contributed by atoms with Crippen molar-refractivity contribution in [2.24, 2.45) is 23.7 Å². The molecule has 4 unspecified atom stereocenters. The highest BCUT2D eigenvalue weighted by atomic mass is 32.1. The zero-order chi connectivity index (χ0) is 20.8. The second-order valence-electron chi connectivity index (χ2n) is 7.87. The molecule has 152 valence electrons. The minimum Gasteiger partial charge on any atom is -0.481 e. The third kappa shape index (κ3) is 3.33. The van der Waals surface area contributed by atoms with Crippen LogP contribution in [0.1, 0.15) is 12.0 Å². The molecule has 2 bridgehead atoms. The van der Waals surface area contributed by atoms with E-state index in [2.05, 4.69) is 20.6 Å². The average Bonchev–Trinajstić information content (AvgIpc) is 3.41. The highest BCUT2D eigenvalue weighted by Gasteiger charge is 2.51. The van der Waals surface area contributed by atoms with Crippen molar-refractivity contribution in [1.29, 1.82) is 0 Å². The highest BCUT2D eigenvalue weighted by molar-refractivity contribution is 7.22. The molecular weight excluding hydrogens is 400 g/mol. The van der Waals surface area contributed by atoms with Crippen molar-refractivity contribution in [2.75, 3.05) is 10.6 Å². The molecule has 1 fully saturated rings. The minimum absolute atomic E-state index is 0.0110. The lowest BCUT2D eigenvalue weighted by Gasteiger charge is -2.23. The highest BCUT2D eigenvalue weighted by Crippen LogP contribution is 2.48. The standard InChI is InChI=1S/C22H20N4O3S/c1-11-6-7-23-17(8-11)24-14-4-5-15-16(10-14)30-22(25-15)26-20(27)18-12-2-3-13(9-12)19(18)21(28)29/h2-8,10,12-13,18-19H,9H2,1H3,(H,23,24)(H,28,29)(H,25,26,27). The molecule has 7 nitrogen and oxygen atoms in total. The van der Waals surface area contributed by atoms with E-state index in [1.54, 1.807) is 6.20 Å². The molecule has 3 aromatic rings. The second-order valence-corrected chi connectivity index (χ2v) is 8.90. The van der Waals surface area contributed by atoms with Crippen LogP contribution in [0.5, 0.6) is 0 Å². The number of fused-ring (bicyclic) bond motifs is 3. The molecule has 2 aromatic heterocycles. The Kier molecular flexibility index (Phi) is 4.51. The van der Waals surface area contributed by atoms with Gasteiger partial charge in [0.1, 0.15) is 5.82 Å². The average molecular weight is 420 g/mol. The molecule has 2 aliphatic rings. The summed E-state index contributed by atoms with van der Waals surface area (Å²) in [6.45, 7) is 2.01. The molecule has 0 radical (unpaired) electrons. The number of aromatic nitrogens is 2. The van der Waals surface area contributed by atoms with Crippen molar-refractivity contribution in [3.05, 3.63) is 54.2 Å². The van der Waals surface area contributed by atoms with Crippen LogP contribution in [0.4, 0.5) is 16.6 Å². The van der Waals surface area contributed by atoms with Gasteiger partial charge in [0.2, 0.25) is 5.91 Å². The van der Waals surface area contributed by atoms with Gasteiger partial charge in [-0.15, -0.1) is 0 Å². The SMILES string of the molecule is Cc1ccnc(Nc2ccc3nc(NC(=O)C4C5C=CC(C5)C4C(=O)O)sc3c2)c1. The van der Waals surface area contributed by atoms with Gasteiger partial charge in [0.15, 0.2) is 5.13 Å². The number of carboxylic acids is 1. The van der Waals surface area contributed by atoms with Gasteiger partial charge in [-0.2, -0.15) is 0 Å². The van der Waals surface area contributed by atoms with Gasteiger partial charge in [0.25, 0.3) is 0 Å². The maximum absolute atomic E-state index is 12.9. The third-order valence-electron chi connectivity index (χ3n) is 5.85. The van der Waals surface area contributed by atoms with Gasteiger partial charge in [0, 0.05) is 11.9 Å². The molecule has 1 amide bonds. The Balaban J connectivity index is 1.35. The third-order valence-corrected chi connectivity index (χ3v) is 6.79. The maximum atomic E-state index is 12.9. The van der Waals surface area contributed by atoms with E-state index in [1.807, 2.05) is 49.4 Å². The van der Waals surface area contributed by atoms with Crippen molar-refractivity contribution in [2.45, 2.75) is 13.3 Å². The number of benzene rings is 1. The summed E-state index contributed by atoms with van der Waals surface area (Å²) in [6, 6.07) is 9.67. The fourth-order valence-electron chi connectivity index (χ4n) is 4.51. The van der Waals surface area contributed by atoms with Gasteiger partial charge >= 0.3 is 5.97 Å². The second kappa shape index (κ2) is 7.21. The number of carbonyl (C=O) groups is 2. The van der Waals surface area contributed by atoms with E-state index in [1.165, 1.54) is 11.3 Å². The molecule has 8 heteroatoms. The number of anilines is 3. The summed E-state index contributed by atoms with van der Waals surface area (Å²) in [7, 11) is 0. The molecule has 4 atom stereocenters. The molecule has 2 heterocycles. The van der Waals surface area contributed by atoms with Crippen molar-refractivity contribution in [3.63, 3.8) is 0 Å².